The van der Waals surface area contributed by atoms with Gasteiger partial charge in [0.15, 0.2) is 0 Å². The molecule has 13 amide bonds. The summed E-state index contributed by atoms with van der Waals surface area (Å²) in [4.78, 5) is 212. The second-order valence-electron chi connectivity index (χ2n) is 24.0. The second kappa shape index (κ2) is 38.2. The van der Waals surface area contributed by atoms with Crippen molar-refractivity contribution in [2.24, 2.45) is 35.0 Å². The lowest BCUT2D eigenvalue weighted by atomic mass is 9.98. The van der Waals surface area contributed by atoms with Crippen molar-refractivity contribution >= 4 is 94.7 Å². The van der Waals surface area contributed by atoms with Crippen molar-refractivity contribution in [3.05, 3.63) is 0 Å². The van der Waals surface area contributed by atoms with Gasteiger partial charge in [0.1, 0.15) is 66.5 Å². The summed E-state index contributed by atoms with van der Waals surface area (Å²) in [6.07, 6.45) is -1.44. The quantitative estimate of drug-likeness (QED) is 0.0256. The maximum absolute atomic E-state index is 14.6. The largest absolute Gasteiger partial charge is 0.481 e. The lowest BCUT2D eigenvalue weighted by molar-refractivity contribution is -0.147. The predicted molar refractivity (Wildman–Crippen MR) is 322 cm³/mol. The fourth-order valence-electron chi connectivity index (χ4n) is 9.92. The second-order valence-corrected chi connectivity index (χ2v) is 24.0. The van der Waals surface area contributed by atoms with Gasteiger partial charge >= 0.3 is 17.9 Å². The van der Waals surface area contributed by atoms with Gasteiger partial charge < -0.3 is 95.5 Å². The third kappa shape index (κ3) is 26.4. The van der Waals surface area contributed by atoms with Crippen LogP contribution in [-0.4, -0.2) is 219 Å². The van der Waals surface area contributed by atoms with E-state index in [0.29, 0.717) is 19.3 Å². The molecular formula is C57H95N15O19. The van der Waals surface area contributed by atoms with E-state index in [1.54, 1.807) is 41.5 Å². The normalized spacial score (nSPS) is 17.9. The Morgan fingerprint density at radius 3 is 1.47 bits per heavy atom. The fourth-order valence-corrected chi connectivity index (χ4v) is 9.92. The highest BCUT2D eigenvalue weighted by molar-refractivity contribution is 6.00. The van der Waals surface area contributed by atoms with Crippen LogP contribution in [0.1, 0.15) is 146 Å². The van der Waals surface area contributed by atoms with E-state index in [2.05, 4.69) is 47.9 Å². The Bertz CT molecular complexity index is 2640. The first kappa shape index (κ1) is 78.5. The molecule has 0 aromatic rings. The number of unbranched alkanes of at least 4 members (excludes halogenated alkanes) is 1. The van der Waals surface area contributed by atoms with Crippen LogP contribution in [0.15, 0.2) is 0 Å². The Morgan fingerprint density at radius 1 is 0.484 bits per heavy atom. The molecule has 2 fully saturated rings. The first-order valence-corrected chi connectivity index (χ1v) is 30.5. The van der Waals surface area contributed by atoms with E-state index in [9.17, 15) is 92.0 Å². The van der Waals surface area contributed by atoms with Crippen molar-refractivity contribution in [1.29, 1.82) is 0 Å². The van der Waals surface area contributed by atoms with Crippen LogP contribution in [0.3, 0.4) is 0 Å². The van der Waals surface area contributed by atoms with E-state index in [4.69, 9.17) is 17.2 Å². The Balaban J connectivity index is 2.31. The minimum Gasteiger partial charge on any atom is -0.481 e. The number of nitrogens with two attached hydrogens (primary N) is 3. The van der Waals surface area contributed by atoms with Gasteiger partial charge in [0, 0.05) is 25.9 Å². The summed E-state index contributed by atoms with van der Waals surface area (Å²) in [6.45, 7) is 13.8. The summed E-state index contributed by atoms with van der Waals surface area (Å²) < 4.78 is 0. The molecule has 0 aliphatic carbocycles. The average molecular weight is 1290 g/mol. The van der Waals surface area contributed by atoms with Crippen LogP contribution >= 0.6 is 0 Å². The molecule has 91 heavy (non-hydrogen) atoms. The predicted octanol–water partition coefficient (Wildman–Crippen LogP) is -4.99. The highest BCUT2D eigenvalue weighted by Crippen LogP contribution is 2.24. The molecule has 0 radical (unpaired) electrons. The number of amides is 13. The minimum absolute atomic E-state index is 0.00127. The monoisotopic (exact) mass is 1290 g/mol. The molecule has 34 heteroatoms. The third-order valence-corrected chi connectivity index (χ3v) is 15.0. The number of hydrogen-bond donors (Lipinski definition) is 16. The number of nitrogens with zero attached hydrogens (tertiary/aromatic N) is 2. The van der Waals surface area contributed by atoms with Gasteiger partial charge in [-0.05, 0) is 109 Å². The standard InChI is InChI=1S/C57H95N15O19/c1-27(2)24-36(51(84)69-44(28(3)4)54(87)65-33(14-10-11-21-58)49(82)64-34(17-19-40(60)73)50(83)68-37(57(90)91)25-43(77)78)67-52(85)38-15-13-23-72(38)56(89)45(29(5)6)70-53(86)39-16-12-22-71(39)55(88)35(18-20-42(75)76)66-48(81)32(9)63-47(80)31(8)62-41(74)26-61-46(79)30(7)59/h27-39,44-45H,10-26,58-59H2,1-9H3,(H2,60,73)(H,61,79)(H,62,74)(H,63,80)(H,64,82)(H,65,87)(H,66,81)(H,67,85)(H,68,83)(H,69,84)(H,70,86)(H,75,76)(H,77,78)(H,90,91)/t30-,31-,32-,33-,34-,35-,36-,37-,38-,39-,44-,45-/m0/s1. The van der Waals surface area contributed by atoms with Crippen LogP contribution < -0.4 is 70.4 Å². The highest BCUT2D eigenvalue weighted by atomic mass is 16.4. The smallest absolute Gasteiger partial charge is 0.326 e. The van der Waals surface area contributed by atoms with E-state index in [-0.39, 0.29) is 57.7 Å². The maximum atomic E-state index is 14.6. The fraction of sp³-hybridized carbons (Fsp3) is 0.719. The van der Waals surface area contributed by atoms with Crippen molar-refractivity contribution in [3.63, 3.8) is 0 Å². The number of carboxylic acids is 3. The molecule has 2 heterocycles. The van der Waals surface area contributed by atoms with Crippen molar-refractivity contribution in [2.75, 3.05) is 26.2 Å². The Labute approximate surface area is 527 Å². The molecule has 2 rings (SSSR count). The maximum Gasteiger partial charge on any atom is 0.326 e. The average Bonchev–Trinajstić information content (AvgIpc) is 1.91. The van der Waals surface area contributed by atoms with E-state index in [0.717, 1.165) is 4.90 Å². The van der Waals surface area contributed by atoms with Crippen molar-refractivity contribution in [1.82, 2.24) is 63.0 Å². The molecule has 2 aliphatic heterocycles. The van der Waals surface area contributed by atoms with Crippen molar-refractivity contribution < 1.29 is 92.0 Å². The van der Waals surface area contributed by atoms with Gasteiger partial charge in [0.25, 0.3) is 0 Å². The molecule has 512 valence electrons. The number of aliphatic carboxylic acids is 3. The number of primary amides is 1. The number of hydrogen-bond acceptors (Lipinski definition) is 18. The molecule has 12 atom stereocenters. The summed E-state index contributed by atoms with van der Waals surface area (Å²) in [5, 5.41) is 52.9. The molecule has 0 unspecified atom stereocenters. The van der Waals surface area contributed by atoms with E-state index in [1.807, 2.05) is 5.32 Å². The van der Waals surface area contributed by atoms with Gasteiger partial charge in [-0.2, -0.15) is 0 Å². The lowest BCUT2D eigenvalue weighted by Crippen LogP contribution is -2.61. The zero-order valence-electron chi connectivity index (χ0n) is 53.2. The number of carbonyl (C=O) groups excluding carboxylic acids is 13. The van der Waals surface area contributed by atoms with E-state index in [1.165, 1.54) is 25.7 Å². The van der Waals surface area contributed by atoms with E-state index < -0.39 is 218 Å². The first-order valence-electron chi connectivity index (χ1n) is 30.5. The van der Waals surface area contributed by atoms with Gasteiger partial charge in [-0.15, -0.1) is 0 Å². The van der Waals surface area contributed by atoms with Gasteiger partial charge in [-0.25, -0.2) is 4.79 Å². The molecule has 0 aromatic carbocycles. The molecule has 34 nitrogen and oxygen atoms in total. The number of likely N-dealkylation sites (tertiary alicyclic amines) is 2. The van der Waals surface area contributed by atoms with Gasteiger partial charge in [0.05, 0.1) is 19.0 Å². The Kier molecular flexibility index (Phi) is 33.0. The molecule has 2 saturated heterocycles. The highest BCUT2D eigenvalue weighted by Gasteiger charge is 2.44. The minimum atomic E-state index is -1.92. The summed E-state index contributed by atoms with van der Waals surface area (Å²) in [5.41, 5.74) is 16.5. The van der Waals surface area contributed by atoms with Gasteiger partial charge in [-0.1, -0.05) is 41.5 Å². The third-order valence-electron chi connectivity index (χ3n) is 15.0. The van der Waals surface area contributed by atoms with E-state index >= 15 is 0 Å². The number of carbonyl (C=O) groups is 16. The molecule has 0 saturated carbocycles. The first-order chi connectivity index (χ1) is 42.5. The Morgan fingerprint density at radius 2 is 0.967 bits per heavy atom. The summed E-state index contributed by atoms with van der Waals surface area (Å²) >= 11 is 0. The van der Waals surface area contributed by atoms with Crippen LogP contribution in [0.25, 0.3) is 0 Å². The Hall–Kier alpha value is -8.56. The lowest BCUT2D eigenvalue weighted by Gasteiger charge is -2.33. The van der Waals surface area contributed by atoms with Gasteiger partial charge in [0.2, 0.25) is 76.8 Å². The van der Waals surface area contributed by atoms with Crippen LogP contribution in [-0.2, 0) is 76.7 Å². The number of rotatable bonds is 39. The molecule has 2 aliphatic rings. The SMILES string of the molecule is CC(C)C[C@H](NC(=O)[C@@H]1CCCN1C(=O)[C@@H](NC(=O)[C@@H]1CCCN1C(=O)[C@H](CCC(=O)O)NC(=O)[C@H](C)NC(=O)[C@H](C)NC(=O)CNC(=O)[C@H](C)N)C(C)C)C(=O)N[C@H](C(=O)N[C@@H](CCCCN)C(=O)N[C@@H](CCC(N)=O)C(=O)N[C@@H](CC(=O)O)C(=O)O)C(C)C. The zero-order chi connectivity index (χ0) is 69.1. The van der Waals surface area contributed by atoms with Crippen molar-refractivity contribution in [3.8, 4) is 0 Å². The molecule has 19 N–H and O–H groups in total. The molecule has 0 aromatic heterocycles. The topological polar surface area (TPSA) is 539 Å². The molecule has 0 spiro atoms. The molecule has 0 bridgehead atoms. The summed E-state index contributed by atoms with van der Waals surface area (Å²) in [6, 6.07) is -16.2. The van der Waals surface area contributed by atoms with Crippen molar-refractivity contribution in [2.45, 2.75) is 218 Å². The number of nitrogens with one attached hydrogen (secondary N) is 10. The van der Waals surface area contributed by atoms with Crippen LogP contribution in [0, 0.1) is 17.8 Å². The van der Waals surface area contributed by atoms with Gasteiger partial charge in [-0.3, -0.25) is 71.9 Å². The summed E-state index contributed by atoms with van der Waals surface area (Å²) in [7, 11) is 0. The number of carboxylic acid groups (broad SMARTS) is 3. The van der Waals surface area contributed by atoms with Crippen LogP contribution in [0.4, 0.5) is 0 Å². The summed E-state index contributed by atoms with van der Waals surface area (Å²) in [5.74, 6) is -16.8. The van der Waals surface area contributed by atoms with Crippen LogP contribution in [0.2, 0.25) is 0 Å². The zero-order valence-corrected chi connectivity index (χ0v) is 53.2. The van der Waals surface area contributed by atoms with Crippen LogP contribution in [0.5, 0.6) is 0 Å². The molecular weight excluding hydrogens is 1200 g/mol.